The van der Waals surface area contributed by atoms with E-state index in [1.165, 1.54) is 12.1 Å². The van der Waals surface area contributed by atoms with Crippen molar-refractivity contribution < 1.29 is 32.6 Å². The topological polar surface area (TPSA) is 95.8 Å². The Morgan fingerprint density at radius 1 is 0.900 bits per heavy atom. The van der Waals surface area contributed by atoms with Crippen molar-refractivity contribution >= 4 is 23.4 Å². The van der Waals surface area contributed by atoms with Crippen LogP contribution in [0.15, 0.2) is 91.3 Å². The number of rotatable bonds is 8. The van der Waals surface area contributed by atoms with Gasteiger partial charge in [-0.25, -0.2) is 9.59 Å². The van der Waals surface area contributed by atoms with Crippen LogP contribution >= 0.6 is 0 Å². The van der Waals surface area contributed by atoms with Crippen molar-refractivity contribution in [2.24, 2.45) is 0 Å². The second-order valence-electron chi connectivity index (χ2n) is 9.32. The van der Waals surface area contributed by atoms with Crippen molar-refractivity contribution in [1.82, 2.24) is 9.47 Å². The third-order valence-electron chi connectivity index (χ3n) is 6.39. The molecule has 1 aromatic heterocycles. The average Bonchev–Trinajstić information content (AvgIpc) is 3.42. The van der Waals surface area contributed by atoms with Crippen LogP contribution in [0.4, 0.5) is 29.3 Å². The van der Waals surface area contributed by atoms with Gasteiger partial charge >= 0.3 is 18.2 Å². The van der Waals surface area contributed by atoms with E-state index in [1.807, 2.05) is 35.2 Å². The Labute approximate surface area is 227 Å². The molecule has 2 heterocycles. The number of carboxylic acid groups (broad SMARTS) is 1. The molecule has 1 saturated heterocycles. The zero-order valence-corrected chi connectivity index (χ0v) is 21.1. The fourth-order valence-electron chi connectivity index (χ4n) is 4.52. The van der Waals surface area contributed by atoms with Crippen LogP contribution in [0, 0.1) is 0 Å². The molecule has 0 bridgehead atoms. The zero-order chi connectivity index (χ0) is 28.3. The summed E-state index contributed by atoms with van der Waals surface area (Å²) in [5, 5.41) is 14.6. The second-order valence-corrected chi connectivity index (χ2v) is 9.32. The van der Waals surface area contributed by atoms with E-state index in [0.717, 1.165) is 17.7 Å². The summed E-state index contributed by atoms with van der Waals surface area (Å²) in [5.41, 5.74) is 1.40. The van der Waals surface area contributed by atoms with Crippen molar-refractivity contribution in [2.45, 2.75) is 18.8 Å². The van der Waals surface area contributed by atoms with Gasteiger partial charge in [-0.05, 0) is 66.2 Å². The number of carbonyl (C=O) groups is 2. The quantitative estimate of drug-likeness (QED) is 0.246. The Kier molecular flexibility index (Phi) is 7.47. The lowest BCUT2D eigenvalue weighted by Gasteiger charge is -2.39. The van der Waals surface area contributed by atoms with Gasteiger partial charge < -0.3 is 25.0 Å². The maximum atomic E-state index is 12.9. The SMILES string of the molecule is O=C(Nc1ccc(OC2CN(Cc3cccc(C(=O)O)c3-n3cccc3)C2)cc1)Nc1cccc(C(F)(F)F)c1. The number of hydrogen-bond donors (Lipinski definition) is 3. The van der Waals surface area contributed by atoms with Crippen molar-refractivity contribution in [3.63, 3.8) is 0 Å². The number of aromatic carboxylic acids is 1. The van der Waals surface area contributed by atoms with Crippen LogP contribution in [-0.4, -0.2) is 45.8 Å². The number of ether oxygens (including phenoxy) is 1. The minimum Gasteiger partial charge on any atom is -0.488 e. The number of carbonyl (C=O) groups excluding carboxylic acids is 1. The highest BCUT2D eigenvalue weighted by atomic mass is 19.4. The van der Waals surface area contributed by atoms with Gasteiger partial charge in [0.15, 0.2) is 0 Å². The molecule has 0 unspecified atom stereocenters. The molecule has 1 aliphatic heterocycles. The monoisotopic (exact) mass is 550 g/mol. The Balaban J connectivity index is 1.13. The number of aromatic nitrogens is 1. The molecule has 206 valence electrons. The lowest BCUT2D eigenvalue weighted by molar-refractivity contribution is -0.137. The van der Waals surface area contributed by atoms with Gasteiger partial charge in [0.05, 0.1) is 16.8 Å². The van der Waals surface area contributed by atoms with Crippen LogP contribution in [0.2, 0.25) is 0 Å². The smallest absolute Gasteiger partial charge is 0.416 e. The van der Waals surface area contributed by atoms with E-state index in [2.05, 4.69) is 15.5 Å². The molecule has 40 heavy (non-hydrogen) atoms. The normalized spacial score (nSPS) is 13.9. The van der Waals surface area contributed by atoms with E-state index in [9.17, 15) is 27.9 Å². The Bertz CT molecular complexity index is 1500. The van der Waals surface area contributed by atoms with Crippen LogP contribution in [0.5, 0.6) is 5.75 Å². The summed E-state index contributed by atoms with van der Waals surface area (Å²) in [6, 6.07) is 19.3. The molecule has 2 amide bonds. The number of amides is 2. The van der Waals surface area contributed by atoms with E-state index in [4.69, 9.17) is 4.74 Å². The van der Waals surface area contributed by atoms with Crippen LogP contribution < -0.4 is 15.4 Å². The van der Waals surface area contributed by atoms with Crippen LogP contribution in [-0.2, 0) is 12.7 Å². The summed E-state index contributed by atoms with van der Waals surface area (Å²) in [7, 11) is 0. The molecule has 1 aliphatic rings. The number of nitrogens with one attached hydrogen (secondary N) is 2. The predicted octanol–water partition coefficient (Wildman–Crippen LogP) is 6.10. The highest BCUT2D eigenvalue weighted by molar-refractivity contribution is 5.99. The Morgan fingerprint density at radius 3 is 2.25 bits per heavy atom. The third-order valence-corrected chi connectivity index (χ3v) is 6.39. The fourth-order valence-corrected chi connectivity index (χ4v) is 4.52. The molecule has 0 saturated carbocycles. The van der Waals surface area contributed by atoms with Gasteiger partial charge in [0.1, 0.15) is 11.9 Å². The minimum atomic E-state index is -4.50. The van der Waals surface area contributed by atoms with E-state index in [0.29, 0.717) is 36.8 Å². The number of alkyl halides is 3. The molecule has 0 atom stereocenters. The van der Waals surface area contributed by atoms with Gasteiger partial charge in [-0.15, -0.1) is 0 Å². The molecular formula is C29H25F3N4O4. The molecule has 5 rings (SSSR count). The number of likely N-dealkylation sites (tertiary alicyclic amines) is 1. The van der Waals surface area contributed by atoms with Crippen LogP contribution in [0.1, 0.15) is 21.5 Å². The molecule has 8 nitrogen and oxygen atoms in total. The van der Waals surface area contributed by atoms with Gasteiger partial charge in [0.25, 0.3) is 0 Å². The van der Waals surface area contributed by atoms with Gasteiger partial charge in [0, 0.05) is 43.4 Å². The fraction of sp³-hybridized carbons (Fsp3) is 0.172. The number of benzene rings is 3. The largest absolute Gasteiger partial charge is 0.488 e. The molecular weight excluding hydrogens is 525 g/mol. The highest BCUT2D eigenvalue weighted by Gasteiger charge is 2.31. The van der Waals surface area contributed by atoms with Crippen molar-refractivity contribution in [3.05, 3.63) is 108 Å². The molecule has 3 aromatic carbocycles. The van der Waals surface area contributed by atoms with Gasteiger partial charge in [-0.1, -0.05) is 18.2 Å². The number of carboxylic acids is 1. The number of hydrogen-bond acceptors (Lipinski definition) is 4. The highest BCUT2D eigenvalue weighted by Crippen LogP contribution is 2.31. The first kappa shape index (κ1) is 26.8. The van der Waals surface area contributed by atoms with Gasteiger partial charge in [0.2, 0.25) is 0 Å². The number of para-hydroxylation sites is 1. The molecule has 1 fully saturated rings. The van der Waals surface area contributed by atoms with E-state index >= 15 is 0 Å². The molecule has 0 aliphatic carbocycles. The van der Waals surface area contributed by atoms with Gasteiger partial charge in [-0.2, -0.15) is 13.2 Å². The Hall–Kier alpha value is -4.77. The van der Waals surface area contributed by atoms with E-state index in [1.54, 1.807) is 36.4 Å². The second kappa shape index (κ2) is 11.1. The van der Waals surface area contributed by atoms with Crippen molar-refractivity contribution in [3.8, 4) is 11.4 Å². The van der Waals surface area contributed by atoms with Crippen LogP contribution in [0.3, 0.4) is 0 Å². The maximum absolute atomic E-state index is 12.9. The zero-order valence-electron chi connectivity index (χ0n) is 21.1. The lowest BCUT2D eigenvalue weighted by atomic mass is 10.0. The number of anilines is 2. The maximum Gasteiger partial charge on any atom is 0.416 e. The molecule has 0 radical (unpaired) electrons. The number of nitrogens with zero attached hydrogens (tertiary/aromatic N) is 2. The predicted molar refractivity (Wildman–Crippen MR) is 143 cm³/mol. The van der Waals surface area contributed by atoms with Gasteiger partial charge in [-0.3, -0.25) is 4.90 Å². The minimum absolute atomic E-state index is 0.0250. The Morgan fingerprint density at radius 2 is 1.57 bits per heavy atom. The molecule has 11 heteroatoms. The summed E-state index contributed by atoms with van der Waals surface area (Å²) in [4.78, 5) is 26.2. The third kappa shape index (κ3) is 6.26. The summed E-state index contributed by atoms with van der Waals surface area (Å²) < 4.78 is 46.4. The first-order valence-corrected chi connectivity index (χ1v) is 12.4. The molecule has 0 spiro atoms. The van der Waals surface area contributed by atoms with Crippen LogP contribution in [0.25, 0.3) is 5.69 Å². The summed E-state index contributed by atoms with van der Waals surface area (Å²) in [6.45, 7) is 1.88. The average molecular weight is 551 g/mol. The molecule has 4 aromatic rings. The standard InChI is InChI=1S/C29H25F3N4O4/c30-29(31,32)20-6-4-7-22(15-20)34-28(39)33-21-9-11-23(12-10-21)40-24-17-35(18-24)16-19-5-3-8-25(27(37)38)26(19)36-13-1-2-14-36/h1-15,24H,16-18H2,(H,37,38)(H2,33,34,39). The summed E-state index contributed by atoms with van der Waals surface area (Å²) in [6.07, 6.45) is -0.916. The van der Waals surface area contributed by atoms with E-state index < -0.39 is 23.7 Å². The lowest BCUT2D eigenvalue weighted by Crippen LogP contribution is -2.53. The number of halogens is 3. The summed E-state index contributed by atoms with van der Waals surface area (Å²) in [5.74, 6) is -0.379. The first-order chi connectivity index (χ1) is 19.2. The molecule has 3 N–H and O–H groups in total. The summed E-state index contributed by atoms with van der Waals surface area (Å²) >= 11 is 0. The number of urea groups is 1. The van der Waals surface area contributed by atoms with Crippen molar-refractivity contribution in [1.29, 1.82) is 0 Å². The van der Waals surface area contributed by atoms with E-state index in [-0.39, 0.29) is 17.4 Å². The van der Waals surface area contributed by atoms with Crippen molar-refractivity contribution in [2.75, 3.05) is 23.7 Å². The first-order valence-electron chi connectivity index (χ1n) is 12.4.